The molecule has 1 fully saturated rings. The van der Waals surface area contributed by atoms with Crippen molar-refractivity contribution < 1.29 is 14.3 Å². The van der Waals surface area contributed by atoms with Crippen LogP contribution in [0.15, 0.2) is 10.8 Å². The van der Waals surface area contributed by atoms with Gasteiger partial charge in [-0.1, -0.05) is 0 Å². The Morgan fingerprint density at radius 1 is 1.33 bits per heavy atom. The van der Waals surface area contributed by atoms with Gasteiger partial charge in [0.25, 0.3) is 5.91 Å². The number of nitrogens with one attached hydrogen (secondary N) is 1. The summed E-state index contributed by atoms with van der Waals surface area (Å²) in [6, 6.07) is 0. The summed E-state index contributed by atoms with van der Waals surface area (Å²) in [5, 5.41) is 6.96. The number of carbonyl (C=O) groups excluding carboxylic acids is 2. The van der Waals surface area contributed by atoms with E-state index >= 15 is 0 Å². The van der Waals surface area contributed by atoms with E-state index in [0.29, 0.717) is 11.0 Å². The summed E-state index contributed by atoms with van der Waals surface area (Å²) in [5.41, 5.74) is 1.24. The van der Waals surface area contributed by atoms with Crippen LogP contribution in [-0.2, 0) is 4.74 Å². The number of nitrogens with zero attached hydrogens (tertiary/aromatic N) is 2. The van der Waals surface area contributed by atoms with Crippen LogP contribution in [0.1, 0.15) is 51.7 Å². The molecular weight excluding hydrogens is 310 g/mol. The summed E-state index contributed by atoms with van der Waals surface area (Å²) in [6.45, 7) is 2.00. The maximum Gasteiger partial charge on any atom is 0.367 e. The largest absolute Gasteiger partial charge is 0.461 e. The van der Waals surface area contributed by atoms with Crippen molar-refractivity contribution in [1.29, 1.82) is 0 Å². The van der Waals surface area contributed by atoms with Crippen molar-refractivity contribution in [3.63, 3.8) is 0 Å². The minimum atomic E-state index is -0.508. The molecule has 21 heavy (non-hydrogen) atoms. The molecule has 0 atom stereocenters. The molecule has 0 radical (unpaired) electrons. The van der Waals surface area contributed by atoms with E-state index < -0.39 is 5.97 Å². The van der Waals surface area contributed by atoms with Gasteiger partial charge < -0.3 is 4.74 Å². The zero-order valence-electron chi connectivity index (χ0n) is 11.3. The van der Waals surface area contributed by atoms with Crippen LogP contribution in [0.2, 0.25) is 0 Å². The molecular formula is C13H13N3O3S2. The van der Waals surface area contributed by atoms with E-state index in [1.807, 2.05) is 5.38 Å². The predicted molar refractivity (Wildman–Crippen MR) is 80.1 cm³/mol. The first-order chi connectivity index (χ1) is 10.2. The second-order valence-corrected chi connectivity index (χ2v) is 6.28. The number of hydrogen-bond acceptors (Lipinski definition) is 7. The van der Waals surface area contributed by atoms with Crippen LogP contribution >= 0.6 is 22.7 Å². The molecule has 8 heteroatoms. The molecule has 1 aliphatic rings. The van der Waals surface area contributed by atoms with Crippen LogP contribution < -0.4 is 5.32 Å². The van der Waals surface area contributed by atoms with Crippen molar-refractivity contribution in [2.75, 3.05) is 11.9 Å². The Hall–Kier alpha value is -1.80. The highest BCUT2D eigenvalue weighted by Crippen LogP contribution is 2.40. The molecule has 0 unspecified atom stereocenters. The van der Waals surface area contributed by atoms with Gasteiger partial charge in [-0.2, -0.15) is 0 Å². The normalized spacial score (nSPS) is 14.0. The number of rotatable bonds is 5. The molecule has 110 valence electrons. The summed E-state index contributed by atoms with van der Waals surface area (Å²) < 4.78 is 4.84. The van der Waals surface area contributed by atoms with Crippen molar-refractivity contribution in [3.05, 3.63) is 27.2 Å². The molecule has 1 saturated carbocycles. The topological polar surface area (TPSA) is 81.2 Å². The molecule has 1 aliphatic carbocycles. The van der Waals surface area contributed by atoms with E-state index in [-0.39, 0.29) is 23.2 Å². The third kappa shape index (κ3) is 3.27. The number of aromatic nitrogens is 2. The molecule has 0 saturated heterocycles. The van der Waals surface area contributed by atoms with Gasteiger partial charge in [-0.05, 0) is 19.8 Å². The van der Waals surface area contributed by atoms with Gasteiger partial charge >= 0.3 is 5.97 Å². The van der Waals surface area contributed by atoms with Crippen LogP contribution in [0, 0.1) is 0 Å². The fourth-order valence-corrected chi connectivity index (χ4v) is 3.21. The monoisotopic (exact) mass is 323 g/mol. The summed E-state index contributed by atoms with van der Waals surface area (Å²) in [6.07, 6.45) is 2.35. The van der Waals surface area contributed by atoms with Crippen molar-refractivity contribution in [2.24, 2.45) is 0 Å². The lowest BCUT2D eigenvalue weighted by atomic mass is 10.3. The zero-order valence-corrected chi connectivity index (χ0v) is 12.9. The number of thiazole rings is 2. The highest BCUT2D eigenvalue weighted by atomic mass is 32.1. The molecule has 0 bridgehead atoms. The van der Waals surface area contributed by atoms with Crippen LogP contribution in [0.5, 0.6) is 0 Å². The number of esters is 1. The van der Waals surface area contributed by atoms with Gasteiger partial charge in [-0.15, -0.1) is 22.7 Å². The number of hydrogen-bond donors (Lipinski definition) is 1. The SMILES string of the molecule is CCOC(=O)c1nc(C(=O)Nc2nc(C3CC3)cs2)cs1. The predicted octanol–water partition coefficient (Wildman–Crippen LogP) is 2.91. The number of amides is 1. The summed E-state index contributed by atoms with van der Waals surface area (Å²) in [7, 11) is 0. The van der Waals surface area contributed by atoms with Gasteiger partial charge in [-0.3, -0.25) is 10.1 Å². The molecule has 3 rings (SSSR count). The molecule has 1 N–H and O–H groups in total. The quantitative estimate of drug-likeness (QED) is 0.856. The second kappa shape index (κ2) is 5.90. The lowest BCUT2D eigenvalue weighted by Crippen LogP contribution is -2.13. The average molecular weight is 323 g/mol. The van der Waals surface area contributed by atoms with Crippen molar-refractivity contribution in [2.45, 2.75) is 25.7 Å². The minimum Gasteiger partial charge on any atom is -0.461 e. The van der Waals surface area contributed by atoms with E-state index in [4.69, 9.17) is 4.74 Å². The first kappa shape index (κ1) is 14.2. The number of anilines is 1. The van der Waals surface area contributed by atoms with Crippen LogP contribution in [0.4, 0.5) is 5.13 Å². The minimum absolute atomic E-state index is 0.180. The van der Waals surface area contributed by atoms with Gasteiger partial charge in [0.2, 0.25) is 5.01 Å². The van der Waals surface area contributed by atoms with Crippen molar-refractivity contribution in [1.82, 2.24) is 9.97 Å². The van der Waals surface area contributed by atoms with Crippen LogP contribution in [0.25, 0.3) is 0 Å². The Bertz CT molecular complexity index is 676. The third-order valence-electron chi connectivity index (χ3n) is 2.92. The number of ether oxygens (including phenoxy) is 1. The fourth-order valence-electron chi connectivity index (χ4n) is 1.74. The molecule has 0 aliphatic heterocycles. The van der Waals surface area contributed by atoms with Gasteiger partial charge in [-0.25, -0.2) is 14.8 Å². The van der Waals surface area contributed by atoms with Gasteiger partial charge in [0.15, 0.2) is 5.13 Å². The van der Waals surface area contributed by atoms with E-state index in [1.54, 1.807) is 6.92 Å². The molecule has 2 aromatic rings. The molecule has 6 nitrogen and oxygen atoms in total. The van der Waals surface area contributed by atoms with Crippen molar-refractivity contribution in [3.8, 4) is 0 Å². The zero-order chi connectivity index (χ0) is 14.8. The highest BCUT2D eigenvalue weighted by Gasteiger charge is 2.26. The summed E-state index contributed by atoms with van der Waals surface area (Å²) >= 11 is 2.50. The van der Waals surface area contributed by atoms with Gasteiger partial charge in [0.05, 0.1) is 12.3 Å². The first-order valence-electron chi connectivity index (χ1n) is 6.56. The second-order valence-electron chi connectivity index (χ2n) is 4.56. The first-order valence-corrected chi connectivity index (χ1v) is 8.32. The molecule has 0 spiro atoms. The third-order valence-corrected chi connectivity index (χ3v) is 4.52. The average Bonchev–Trinajstić information content (AvgIpc) is 3.02. The molecule has 1 amide bonds. The Labute approximate surface area is 129 Å². The lowest BCUT2D eigenvalue weighted by molar-refractivity contribution is 0.0526. The Balaban J connectivity index is 1.65. The maximum atomic E-state index is 12.1. The van der Waals surface area contributed by atoms with Crippen LogP contribution in [0.3, 0.4) is 0 Å². The Morgan fingerprint density at radius 2 is 2.14 bits per heavy atom. The van der Waals surface area contributed by atoms with E-state index in [9.17, 15) is 9.59 Å². The molecule has 0 aromatic carbocycles. The van der Waals surface area contributed by atoms with Crippen LogP contribution in [-0.4, -0.2) is 28.5 Å². The van der Waals surface area contributed by atoms with E-state index in [2.05, 4.69) is 15.3 Å². The van der Waals surface area contributed by atoms with Gasteiger partial charge in [0.1, 0.15) is 5.69 Å². The Morgan fingerprint density at radius 3 is 2.86 bits per heavy atom. The molecule has 2 heterocycles. The Kier molecular flexibility index (Phi) is 3.98. The number of carbonyl (C=O) groups is 2. The van der Waals surface area contributed by atoms with E-state index in [0.717, 1.165) is 17.0 Å². The van der Waals surface area contributed by atoms with E-state index in [1.165, 1.54) is 29.6 Å². The highest BCUT2D eigenvalue weighted by molar-refractivity contribution is 7.14. The van der Waals surface area contributed by atoms with Gasteiger partial charge in [0, 0.05) is 16.7 Å². The standard InChI is InChI=1S/C13H13N3O3S2/c1-2-19-12(18)11-14-9(6-20-11)10(17)16-13-15-8(5-21-13)7-3-4-7/h5-7H,2-4H2,1H3,(H,15,16,17). The smallest absolute Gasteiger partial charge is 0.367 e. The lowest BCUT2D eigenvalue weighted by Gasteiger charge is -1.98. The maximum absolute atomic E-state index is 12.1. The fraction of sp³-hybridized carbons (Fsp3) is 0.385. The molecule has 2 aromatic heterocycles. The summed E-state index contributed by atoms with van der Waals surface area (Å²) in [5.74, 6) is -0.313. The van der Waals surface area contributed by atoms with Crippen molar-refractivity contribution >= 4 is 39.7 Å². The summed E-state index contributed by atoms with van der Waals surface area (Å²) in [4.78, 5) is 31.9.